The molecule has 0 fully saturated rings. The van der Waals surface area contributed by atoms with Gasteiger partial charge < -0.3 is 5.32 Å². The first kappa shape index (κ1) is 12.4. The molecule has 0 bridgehead atoms. The van der Waals surface area contributed by atoms with Gasteiger partial charge in [0.15, 0.2) is 0 Å². The van der Waals surface area contributed by atoms with Gasteiger partial charge in [0.05, 0.1) is 0 Å². The highest BCUT2D eigenvalue weighted by molar-refractivity contribution is 6.23. The topological polar surface area (TPSA) is 46.2 Å². The minimum Gasteiger partial charge on any atom is -0.346 e. The molecule has 0 spiro atoms. The normalized spacial score (nSPS) is 10.0. The van der Waals surface area contributed by atoms with E-state index in [-0.39, 0.29) is 0 Å². The lowest BCUT2D eigenvalue weighted by atomic mass is 9.94. The lowest BCUT2D eigenvalue weighted by Crippen LogP contribution is -2.24. The number of benzene rings is 1. The number of aryl methyl sites for hydroxylation is 2. The van der Waals surface area contributed by atoms with Crippen LogP contribution in [0.4, 0.5) is 0 Å². The van der Waals surface area contributed by atoms with Crippen molar-refractivity contribution in [2.45, 2.75) is 34.2 Å². The fourth-order valence-electron chi connectivity index (χ4n) is 1.78. The van der Waals surface area contributed by atoms with Crippen LogP contribution in [0.5, 0.6) is 0 Å². The van der Waals surface area contributed by atoms with Gasteiger partial charge in [0.2, 0.25) is 6.29 Å². The summed E-state index contributed by atoms with van der Waals surface area (Å²) in [7, 11) is 0. The molecule has 1 rings (SSSR count). The minimum absolute atomic E-state index is 0.299. The van der Waals surface area contributed by atoms with Crippen LogP contribution in [0, 0.1) is 27.7 Å². The third-order valence-electron chi connectivity index (χ3n) is 3.07. The zero-order valence-electron chi connectivity index (χ0n) is 10.2. The van der Waals surface area contributed by atoms with Crippen molar-refractivity contribution in [2.75, 3.05) is 0 Å². The molecule has 0 saturated heterocycles. The number of carbonyl (C=O) groups is 2. The summed E-state index contributed by atoms with van der Waals surface area (Å²) in [5, 5.41) is 2.58. The van der Waals surface area contributed by atoms with Crippen molar-refractivity contribution in [3.63, 3.8) is 0 Å². The average Bonchev–Trinajstić information content (AvgIpc) is 2.26. The van der Waals surface area contributed by atoms with Gasteiger partial charge in [-0.25, -0.2) is 0 Å². The molecule has 0 aliphatic carbocycles. The maximum atomic E-state index is 10.9. The number of rotatable bonds is 3. The smallest absolute Gasteiger partial charge is 0.284 e. The Bertz CT molecular complexity index is 410. The molecule has 0 aliphatic rings. The second-order valence-electron chi connectivity index (χ2n) is 4.07. The van der Waals surface area contributed by atoms with Crippen LogP contribution >= 0.6 is 0 Å². The van der Waals surface area contributed by atoms with Gasteiger partial charge in [-0.3, -0.25) is 9.59 Å². The first-order chi connectivity index (χ1) is 7.47. The summed E-state index contributed by atoms with van der Waals surface area (Å²) in [6.45, 7) is 8.58. The van der Waals surface area contributed by atoms with Crippen molar-refractivity contribution in [2.24, 2.45) is 0 Å². The SMILES string of the molecule is Cc1cc(C)c(C)c(CNC(=O)C=O)c1C. The highest BCUT2D eigenvalue weighted by Crippen LogP contribution is 2.21. The molecule has 16 heavy (non-hydrogen) atoms. The molecule has 1 aromatic carbocycles. The number of amides is 1. The molecular formula is C13H17NO2. The number of hydrogen-bond donors (Lipinski definition) is 1. The summed E-state index contributed by atoms with van der Waals surface area (Å²) in [5.74, 6) is -0.571. The van der Waals surface area contributed by atoms with Crippen LogP contribution in [0.1, 0.15) is 27.8 Å². The van der Waals surface area contributed by atoms with Crippen molar-refractivity contribution in [3.8, 4) is 0 Å². The molecule has 0 atom stereocenters. The number of carbonyl (C=O) groups excluding carboxylic acids is 2. The monoisotopic (exact) mass is 219 g/mol. The summed E-state index contributed by atoms with van der Waals surface area (Å²) >= 11 is 0. The van der Waals surface area contributed by atoms with E-state index in [1.165, 1.54) is 22.3 Å². The molecule has 0 unspecified atom stereocenters. The predicted molar refractivity (Wildman–Crippen MR) is 63.3 cm³/mol. The van der Waals surface area contributed by atoms with E-state index in [0.717, 1.165) is 5.56 Å². The molecule has 0 aliphatic heterocycles. The first-order valence-corrected chi connectivity index (χ1v) is 5.26. The van der Waals surface area contributed by atoms with E-state index in [9.17, 15) is 9.59 Å². The van der Waals surface area contributed by atoms with Crippen molar-refractivity contribution in [1.29, 1.82) is 0 Å². The van der Waals surface area contributed by atoms with Gasteiger partial charge in [-0.05, 0) is 55.5 Å². The Labute approximate surface area is 95.9 Å². The quantitative estimate of drug-likeness (QED) is 0.621. The first-order valence-electron chi connectivity index (χ1n) is 5.26. The average molecular weight is 219 g/mol. The van der Waals surface area contributed by atoms with Crippen molar-refractivity contribution >= 4 is 12.2 Å². The zero-order chi connectivity index (χ0) is 12.3. The van der Waals surface area contributed by atoms with Crippen molar-refractivity contribution < 1.29 is 9.59 Å². The maximum absolute atomic E-state index is 10.9. The molecular weight excluding hydrogens is 202 g/mol. The van der Waals surface area contributed by atoms with Gasteiger partial charge in [0.25, 0.3) is 5.91 Å². The van der Waals surface area contributed by atoms with Crippen LogP contribution in [-0.2, 0) is 16.1 Å². The zero-order valence-corrected chi connectivity index (χ0v) is 10.2. The lowest BCUT2D eigenvalue weighted by molar-refractivity contribution is -0.131. The summed E-state index contributed by atoms with van der Waals surface area (Å²) in [6, 6.07) is 2.13. The lowest BCUT2D eigenvalue weighted by Gasteiger charge is -2.15. The predicted octanol–water partition coefficient (Wildman–Crippen LogP) is 1.74. The van der Waals surface area contributed by atoms with Gasteiger partial charge in [0.1, 0.15) is 0 Å². The molecule has 1 N–H and O–H groups in total. The van der Waals surface area contributed by atoms with E-state index in [4.69, 9.17) is 0 Å². The van der Waals surface area contributed by atoms with E-state index in [0.29, 0.717) is 12.8 Å². The fourth-order valence-corrected chi connectivity index (χ4v) is 1.78. The fraction of sp³-hybridized carbons (Fsp3) is 0.385. The van der Waals surface area contributed by atoms with Crippen LogP contribution in [0.25, 0.3) is 0 Å². The molecule has 1 aromatic rings. The minimum atomic E-state index is -0.571. The summed E-state index contributed by atoms with van der Waals surface area (Å²) in [6.07, 6.45) is 0.299. The van der Waals surface area contributed by atoms with E-state index in [2.05, 4.69) is 11.4 Å². The highest BCUT2D eigenvalue weighted by atomic mass is 16.2. The Morgan fingerprint density at radius 2 is 1.69 bits per heavy atom. The Balaban J connectivity index is 3.03. The Kier molecular flexibility index (Phi) is 3.82. The van der Waals surface area contributed by atoms with E-state index in [1.54, 1.807) is 0 Å². The van der Waals surface area contributed by atoms with Gasteiger partial charge in [-0.15, -0.1) is 0 Å². The molecule has 0 radical (unpaired) electrons. The number of aldehydes is 1. The van der Waals surface area contributed by atoms with E-state index >= 15 is 0 Å². The van der Waals surface area contributed by atoms with Crippen LogP contribution in [0.15, 0.2) is 6.07 Å². The molecule has 0 aromatic heterocycles. The van der Waals surface area contributed by atoms with Crippen LogP contribution in [0.3, 0.4) is 0 Å². The standard InChI is InChI=1S/C13H17NO2/c1-8-5-9(2)11(4)12(10(8)3)6-14-13(16)7-15/h5,7H,6H2,1-4H3,(H,14,16). The van der Waals surface area contributed by atoms with Gasteiger partial charge in [-0.2, -0.15) is 0 Å². The molecule has 0 heterocycles. The molecule has 1 amide bonds. The van der Waals surface area contributed by atoms with Crippen molar-refractivity contribution in [3.05, 3.63) is 33.9 Å². The second-order valence-corrected chi connectivity index (χ2v) is 4.07. The molecule has 86 valence electrons. The van der Waals surface area contributed by atoms with Crippen LogP contribution < -0.4 is 5.32 Å². The molecule has 3 nitrogen and oxygen atoms in total. The van der Waals surface area contributed by atoms with Gasteiger partial charge in [0, 0.05) is 6.54 Å². The van der Waals surface area contributed by atoms with Gasteiger partial charge >= 0.3 is 0 Å². The Morgan fingerprint density at radius 1 is 1.19 bits per heavy atom. The van der Waals surface area contributed by atoms with Crippen molar-refractivity contribution in [1.82, 2.24) is 5.32 Å². The largest absolute Gasteiger partial charge is 0.346 e. The molecule has 3 heteroatoms. The van der Waals surface area contributed by atoms with Crippen LogP contribution in [0.2, 0.25) is 0 Å². The maximum Gasteiger partial charge on any atom is 0.284 e. The number of nitrogens with one attached hydrogen (secondary N) is 1. The summed E-state index contributed by atoms with van der Waals surface area (Å²) in [5.41, 5.74) is 5.87. The molecule has 0 saturated carbocycles. The van der Waals surface area contributed by atoms with Crippen LogP contribution in [-0.4, -0.2) is 12.2 Å². The highest BCUT2D eigenvalue weighted by Gasteiger charge is 2.09. The van der Waals surface area contributed by atoms with E-state index < -0.39 is 5.91 Å². The van der Waals surface area contributed by atoms with E-state index in [1.807, 2.05) is 27.7 Å². The Hall–Kier alpha value is -1.64. The van der Waals surface area contributed by atoms with Gasteiger partial charge in [-0.1, -0.05) is 6.07 Å². The second kappa shape index (κ2) is 4.92. The Morgan fingerprint density at radius 3 is 2.12 bits per heavy atom. The summed E-state index contributed by atoms with van der Waals surface area (Å²) < 4.78 is 0. The third-order valence-corrected chi connectivity index (χ3v) is 3.07. The summed E-state index contributed by atoms with van der Waals surface area (Å²) in [4.78, 5) is 21.1. The third kappa shape index (κ3) is 2.48. The number of hydrogen-bond acceptors (Lipinski definition) is 2.